The highest BCUT2D eigenvalue weighted by Gasteiger charge is 2.30. The Labute approximate surface area is 166 Å². The van der Waals surface area contributed by atoms with Crippen LogP contribution in [0.4, 0.5) is 11.4 Å². The molecule has 0 aliphatic carbocycles. The van der Waals surface area contributed by atoms with Crippen LogP contribution in [0.2, 0.25) is 5.02 Å². The number of anilines is 2. The molecule has 1 unspecified atom stereocenters. The molecule has 1 aliphatic rings. The Hall–Kier alpha value is -2.51. The van der Waals surface area contributed by atoms with E-state index >= 15 is 0 Å². The quantitative estimate of drug-likeness (QED) is 0.803. The highest BCUT2D eigenvalue weighted by Crippen LogP contribution is 2.36. The summed E-state index contributed by atoms with van der Waals surface area (Å²) in [5.74, 6) is -0.814. The Bertz CT molecular complexity index is 890. The molecular weight excluding hydrogens is 386 g/mol. The first-order valence-corrected chi connectivity index (χ1v) is 9.54. The molecule has 0 spiro atoms. The van der Waals surface area contributed by atoms with Crippen LogP contribution in [0.3, 0.4) is 0 Å². The number of para-hydroxylation sites is 1. The van der Waals surface area contributed by atoms with Gasteiger partial charge in [-0.05, 0) is 30.3 Å². The predicted molar refractivity (Wildman–Crippen MR) is 107 cm³/mol. The van der Waals surface area contributed by atoms with Gasteiger partial charge >= 0.3 is 0 Å². The highest BCUT2D eigenvalue weighted by molar-refractivity contribution is 8.01. The van der Waals surface area contributed by atoms with Crippen molar-refractivity contribution < 1.29 is 14.4 Å². The van der Waals surface area contributed by atoms with Gasteiger partial charge in [-0.25, -0.2) is 0 Å². The number of hydrogen-bond donors (Lipinski definition) is 2. The molecule has 2 N–H and O–H groups in total. The number of nitrogens with zero attached hydrogens (tertiary/aromatic N) is 1. The van der Waals surface area contributed by atoms with Gasteiger partial charge in [0, 0.05) is 29.1 Å². The molecule has 140 valence electrons. The smallest absolute Gasteiger partial charge is 0.243 e. The zero-order chi connectivity index (χ0) is 19.4. The average molecular weight is 404 g/mol. The average Bonchev–Trinajstić information content (AvgIpc) is 2.62. The van der Waals surface area contributed by atoms with Crippen LogP contribution in [-0.2, 0) is 14.4 Å². The lowest BCUT2D eigenvalue weighted by molar-refractivity contribution is -0.134. The molecule has 8 heteroatoms. The number of thioether (sulfide) groups is 1. The molecule has 0 fully saturated rings. The highest BCUT2D eigenvalue weighted by atomic mass is 35.5. The van der Waals surface area contributed by atoms with E-state index in [0.717, 1.165) is 10.6 Å². The fraction of sp³-hybridized carbons (Fsp3) is 0.211. The van der Waals surface area contributed by atoms with Crippen LogP contribution < -0.4 is 10.6 Å². The topological polar surface area (TPSA) is 78.5 Å². The summed E-state index contributed by atoms with van der Waals surface area (Å²) in [5.41, 5.74) is 1.32. The van der Waals surface area contributed by atoms with Gasteiger partial charge in [0.1, 0.15) is 0 Å². The molecule has 0 radical (unpaired) electrons. The van der Waals surface area contributed by atoms with Crippen molar-refractivity contribution in [2.75, 3.05) is 24.2 Å². The monoisotopic (exact) mass is 403 g/mol. The van der Waals surface area contributed by atoms with Crippen LogP contribution in [0.1, 0.15) is 6.42 Å². The molecule has 1 atom stereocenters. The largest absolute Gasteiger partial charge is 0.336 e. The third kappa shape index (κ3) is 5.02. The maximum atomic E-state index is 12.4. The number of amides is 3. The van der Waals surface area contributed by atoms with Crippen molar-refractivity contribution in [3.63, 3.8) is 0 Å². The van der Waals surface area contributed by atoms with Crippen LogP contribution in [-0.4, -0.2) is 41.5 Å². The summed E-state index contributed by atoms with van der Waals surface area (Å²) in [7, 11) is 1.54. The van der Waals surface area contributed by atoms with E-state index in [0.29, 0.717) is 10.7 Å². The second kappa shape index (κ2) is 8.45. The SMILES string of the molecule is CN(CC(=O)Nc1cccc(Cl)c1)C(=O)CC1Sc2ccccc2NC1=O. The fourth-order valence-corrected chi connectivity index (χ4v) is 3.90. The van der Waals surface area contributed by atoms with Crippen LogP contribution in [0.5, 0.6) is 0 Å². The third-order valence-electron chi connectivity index (χ3n) is 3.98. The van der Waals surface area contributed by atoms with E-state index < -0.39 is 5.25 Å². The number of likely N-dealkylation sites (N-methyl/N-ethyl adjacent to an activating group) is 1. The second-order valence-corrected chi connectivity index (χ2v) is 7.79. The molecule has 2 aromatic rings. The Morgan fingerprint density at radius 3 is 2.78 bits per heavy atom. The lowest BCUT2D eigenvalue weighted by Crippen LogP contribution is -2.39. The van der Waals surface area contributed by atoms with Crippen molar-refractivity contribution in [3.05, 3.63) is 53.6 Å². The summed E-state index contributed by atoms with van der Waals surface area (Å²) in [5, 5.41) is 5.49. The Morgan fingerprint density at radius 1 is 1.22 bits per heavy atom. The Morgan fingerprint density at radius 2 is 2.00 bits per heavy atom. The molecule has 0 saturated carbocycles. The van der Waals surface area contributed by atoms with Crippen molar-refractivity contribution in [3.8, 4) is 0 Å². The Kier molecular flexibility index (Phi) is 6.03. The standard InChI is InChI=1S/C19H18ClN3O3S/c1-23(11-17(24)21-13-6-4-5-12(20)9-13)18(25)10-16-19(26)22-14-7-2-3-8-15(14)27-16/h2-9,16H,10-11H2,1H3,(H,21,24)(H,22,26). The first-order valence-electron chi connectivity index (χ1n) is 8.28. The number of rotatable bonds is 5. The van der Waals surface area contributed by atoms with Crippen molar-refractivity contribution in [2.24, 2.45) is 0 Å². The minimum absolute atomic E-state index is 0.0196. The van der Waals surface area contributed by atoms with Gasteiger partial charge in [0.25, 0.3) is 0 Å². The lowest BCUT2D eigenvalue weighted by Gasteiger charge is -2.25. The van der Waals surface area contributed by atoms with Gasteiger partial charge in [0.15, 0.2) is 0 Å². The molecule has 6 nitrogen and oxygen atoms in total. The summed E-state index contributed by atoms with van der Waals surface area (Å²) < 4.78 is 0. The van der Waals surface area contributed by atoms with E-state index in [9.17, 15) is 14.4 Å². The number of nitrogens with one attached hydrogen (secondary N) is 2. The van der Waals surface area contributed by atoms with Gasteiger partial charge in [0.05, 0.1) is 17.5 Å². The van der Waals surface area contributed by atoms with E-state index in [4.69, 9.17) is 11.6 Å². The summed E-state index contributed by atoms with van der Waals surface area (Å²) >= 11 is 7.25. The van der Waals surface area contributed by atoms with Gasteiger partial charge in [-0.3, -0.25) is 14.4 Å². The number of hydrogen-bond acceptors (Lipinski definition) is 4. The van der Waals surface area contributed by atoms with E-state index in [2.05, 4.69) is 10.6 Å². The molecule has 0 saturated heterocycles. The van der Waals surface area contributed by atoms with Gasteiger partial charge in [-0.1, -0.05) is 29.8 Å². The summed E-state index contributed by atoms with van der Waals surface area (Å²) in [6, 6.07) is 14.2. The van der Waals surface area contributed by atoms with Crippen molar-refractivity contribution in [1.29, 1.82) is 0 Å². The van der Waals surface area contributed by atoms with Gasteiger partial charge in [-0.2, -0.15) is 0 Å². The molecule has 1 aliphatic heterocycles. The van der Waals surface area contributed by atoms with E-state index in [1.165, 1.54) is 16.7 Å². The molecule has 27 heavy (non-hydrogen) atoms. The first kappa shape index (κ1) is 19.3. The molecule has 3 rings (SSSR count). The van der Waals surface area contributed by atoms with E-state index in [1.54, 1.807) is 31.3 Å². The summed E-state index contributed by atoms with van der Waals surface area (Å²) in [4.78, 5) is 39.0. The number of fused-ring (bicyclic) bond motifs is 1. The predicted octanol–water partition coefficient (Wildman–Crippen LogP) is 3.24. The van der Waals surface area contributed by atoms with Crippen molar-refractivity contribution in [2.45, 2.75) is 16.6 Å². The summed E-state index contributed by atoms with van der Waals surface area (Å²) in [6.07, 6.45) is 0.0196. The van der Waals surface area contributed by atoms with Crippen LogP contribution in [0.25, 0.3) is 0 Å². The van der Waals surface area contributed by atoms with Gasteiger partial charge < -0.3 is 15.5 Å². The van der Waals surface area contributed by atoms with Crippen LogP contribution in [0, 0.1) is 0 Å². The van der Waals surface area contributed by atoms with Gasteiger partial charge in [-0.15, -0.1) is 11.8 Å². The first-order chi connectivity index (χ1) is 12.9. The number of benzene rings is 2. The minimum Gasteiger partial charge on any atom is -0.336 e. The number of carbonyl (C=O) groups excluding carboxylic acids is 3. The lowest BCUT2D eigenvalue weighted by atomic mass is 10.2. The van der Waals surface area contributed by atoms with Crippen LogP contribution >= 0.6 is 23.4 Å². The fourth-order valence-electron chi connectivity index (χ4n) is 2.61. The van der Waals surface area contributed by atoms with Crippen LogP contribution in [0.15, 0.2) is 53.4 Å². The zero-order valence-electron chi connectivity index (χ0n) is 14.6. The van der Waals surface area contributed by atoms with E-state index in [1.807, 2.05) is 24.3 Å². The zero-order valence-corrected chi connectivity index (χ0v) is 16.1. The maximum absolute atomic E-state index is 12.4. The number of carbonyl (C=O) groups is 3. The second-order valence-electron chi connectivity index (χ2n) is 6.10. The molecule has 2 aromatic carbocycles. The Balaban J connectivity index is 1.54. The molecular formula is C19H18ClN3O3S. The molecule has 0 aromatic heterocycles. The number of halogens is 1. The molecule has 1 heterocycles. The summed E-state index contributed by atoms with van der Waals surface area (Å²) in [6.45, 7) is -0.110. The van der Waals surface area contributed by atoms with Crippen molar-refractivity contribution >= 4 is 52.5 Å². The third-order valence-corrected chi connectivity index (χ3v) is 5.49. The van der Waals surface area contributed by atoms with Gasteiger partial charge in [0.2, 0.25) is 17.7 Å². The normalized spacial score (nSPS) is 15.5. The maximum Gasteiger partial charge on any atom is 0.243 e. The van der Waals surface area contributed by atoms with E-state index in [-0.39, 0.29) is 30.7 Å². The van der Waals surface area contributed by atoms with Crippen molar-refractivity contribution in [1.82, 2.24) is 4.90 Å². The molecule has 0 bridgehead atoms. The minimum atomic E-state index is -0.522. The molecule has 3 amide bonds.